The van der Waals surface area contributed by atoms with Crippen LogP contribution in [0.1, 0.15) is 25.3 Å². The number of hydrogen-bond donors (Lipinski definition) is 1. The minimum Gasteiger partial charge on any atom is -0.352 e. The van der Waals surface area contributed by atoms with Crippen molar-refractivity contribution in [2.75, 3.05) is 19.6 Å². The summed E-state index contributed by atoms with van der Waals surface area (Å²) < 4.78 is 0.910. The first-order chi connectivity index (χ1) is 11.4. The number of nitro groups is 1. The Bertz CT molecular complexity index is 728. The molecule has 0 saturated carbocycles. The summed E-state index contributed by atoms with van der Waals surface area (Å²) in [5, 5.41) is 22.6. The summed E-state index contributed by atoms with van der Waals surface area (Å²) in [5.74, 6) is -0.392. The normalized spacial score (nSPS) is 15.7. The second-order valence-corrected chi connectivity index (χ2v) is 5.69. The zero-order valence-corrected chi connectivity index (χ0v) is 13.4. The van der Waals surface area contributed by atoms with Gasteiger partial charge < -0.3 is 10.2 Å². The predicted octanol–water partition coefficient (Wildman–Crippen LogP) is 0.229. The first kappa shape index (κ1) is 17.6. The van der Waals surface area contributed by atoms with Crippen LogP contribution in [0.5, 0.6) is 0 Å². The first-order valence-electron chi connectivity index (χ1n) is 7.75. The number of rotatable bonds is 5. The lowest BCUT2D eigenvalue weighted by Crippen LogP contribution is -2.46. The molecule has 0 spiro atoms. The second kappa shape index (κ2) is 7.70. The molecule has 0 aromatic carbocycles. The average molecular weight is 333 g/mol. The Labute approximate surface area is 138 Å². The van der Waals surface area contributed by atoms with Gasteiger partial charge in [0.15, 0.2) is 0 Å². The van der Waals surface area contributed by atoms with Crippen LogP contribution in [0, 0.1) is 21.4 Å². The van der Waals surface area contributed by atoms with Crippen molar-refractivity contribution >= 4 is 11.6 Å². The molecule has 1 aliphatic heterocycles. The molecular formula is C15H19N5O4. The van der Waals surface area contributed by atoms with Crippen LogP contribution < -0.4 is 10.9 Å². The molecule has 0 atom stereocenters. The molecular weight excluding hydrogens is 314 g/mol. The van der Waals surface area contributed by atoms with Gasteiger partial charge in [-0.25, -0.2) is 0 Å². The number of amides is 1. The zero-order valence-electron chi connectivity index (χ0n) is 13.4. The van der Waals surface area contributed by atoms with Gasteiger partial charge in [-0.05, 0) is 19.4 Å². The Balaban J connectivity index is 2.06. The van der Waals surface area contributed by atoms with Gasteiger partial charge in [0.05, 0.1) is 11.1 Å². The highest BCUT2D eigenvalue weighted by molar-refractivity contribution is 5.76. The fraction of sp³-hybridized carbons (Fsp3) is 0.533. The zero-order chi connectivity index (χ0) is 17.7. The monoisotopic (exact) mass is 333 g/mol. The third-order valence-electron chi connectivity index (χ3n) is 4.12. The number of likely N-dealkylation sites (tertiary alicyclic amines) is 1. The van der Waals surface area contributed by atoms with Crippen LogP contribution in [0.3, 0.4) is 0 Å². The van der Waals surface area contributed by atoms with Gasteiger partial charge in [-0.3, -0.25) is 24.3 Å². The number of nitriles is 1. The largest absolute Gasteiger partial charge is 0.352 e. The van der Waals surface area contributed by atoms with Crippen LogP contribution in [0.2, 0.25) is 0 Å². The van der Waals surface area contributed by atoms with Crippen LogP contribution in [-0.2, 0) is 11.3 Å². The number of nitrogens with zero attached hydrogens (tertiary/aromatic N) is 4. The van der Waals surface area contributed by atoms with Gasteiger partial charge in [0.25, 0.3) is 11.2 Å². The lowest BCUT2D eigenvalue weighted by Gasteiger charge is -2.31. The van der Waals surface area contributed by atoms with E-state index in [2.05, 4.69) is 17.1 Å². The predicted molar refractivity (Wildman–Crippen MR) is 85.4 cm³/mol. The lowest BCUT2D eigenvalue weighted by atomic mass is 10.1. The van der Waals surface area contributed by atoms with E-state index in [9.17, 15) is 19.7 Å². The van der Waals surface area contributed by atoms with Gasteiger partial charge in [-0.15, -0.1) is 0 Å². The summed E-state index contributed by atoms with van der Waals surface area (Å²) in [7, 11) is 0. The highest BCUT2D eigenvalue weighted by Gasteiger charge is 2.21. The number of pyridine rings is 1. The molecule has 0 bridgehead atoms. The lowest BCUT2D eigenvalue weighted by molar-refractivity contribution is -0.385. The van der Waals surface area contributed by atoms with Gasteiger partial charge in [0.1, 0.15) is 18.2 Å². The quantitative estimate of drug-likeness (QED) is 0.608. The highest BCUT2D eigenvalue weighted by atomic mass is 16.6. The van der Waals surface area contributed by atoms with E-state index in [0.29, 0.717) is 0 Å². The number of piperidine rings is 1. The summed E-state index contributed by atoms with van der Waals surface area (Å²) in [6.07, 6.45) is 2.64. The van der Waals surface area contributed by atoms with Crippen molar-refractivity contribution in [3.05, 3.63) is 38.3 Å². The fourth-order valence-corrected chi connectivity index (χ4v) is 2.74. The molecule has 1 amide bonds. The maximum atomic E-state index is 12.1. The molecule has 0 unspecified atom stereocenters. The van der Waals surface area contributed by atoms with Crippen LogP contribution in [0.25, 0.3) is 0 Å². The number of hydrogen-bond acceptors (Lipinski definition) is 6. The molecule has 2 heterocycles. The Hall–Kier alpha value is -2.73. The smallest absolute Gasteiger partial charge is 0.287 e. The summed E-state index contributed by atoms with van der Waals surface area (Å²) in [6.45, 7) is 4.51. The summed E-state index contributed by atoms with van der Waals surface area (Å²) in [4.78, 5) is 36.6. The van der Waals surface area contributed by atoms with E-state index in [1.165, 1.54) is 0 Å². The van der Waals surface area contributed by atoms with Gasteiger partial charge >= 0.3 is 0 Å². The molecule has 1 aromatic rings. The van der Waals surface area contributed by atoms with E-state index in [0.717, 1.165) is 49.3 Å². The molecule has 1 N–H and O–H groups in total. The van der Waals surface area contributed by atoms with Crippen molar-refractivity contribution in [2.24, 2.45) is 0 Å². The van der Waals surface area contributed by atoms with Crippen molar-refractivity contribution in [3.8, 4) is 6.07 Å². The fourth-order valence-electron chi connectivity index (χ4n) is 2.74. The minimum absolute atomic E-state index is 0.0325. The molecule has 2 rings (SSSR count). The molecule has 1 fully saturated rings. The summed E-state index contributed by atoms with van der Waals surface area (Å²) in [5.41, 5.74) is -1.46. The van der Waals surface area contributed by atoms with Crippen LogP contribution in [0.15, 0.2) is 17.1 Å². The van der Waals surface area contributed by atoms with Crippen LogP contribution in [0.4, 0.5) is 5.69 Å². The molecule has 128 valence electrons. The Morgan fingerprint density at radius 3 is 2.71 bits per heavy atom. The second-order valence-electron chi connectivity index (χ2n) is 5.69. The number of aromatic nitrogens is 1. The van der Waals surface area contributed by atoms with Gasteiger partial charge in [0.2, 0.25) is 5.91 Å². The number of carbonyl (C=O) groups excluding carboxylic acids is 1. The molecule has 1 aromatic heterocycles. The topological polar surface area (TPSA) is 121 Å². The summed E-state index contributed by atoms with van der Waals surface area (Å²) in [6, 6.07) is 2.57. The maximum absolute atomic E-state index is 12.1. The van der Waals surface area contributed by atoms with Crippen molar-refractivity contribution in [2.45, 2.75) is 32.4 Å². The van der Waals surface area contributed by atoms with Crippen molar-refractivity contribution in [3.63, 3.8) is 0 Å². The first-order valence-corrected chi connectivity index (χ1v) is 7.75. The molecule has 9 heteroatoms. The van der Waals surface area contributed by atoms with E-state index >= 15 is 0 Å². The Morgan fingerprint density at radius 1 is 1.50 bits per heavy atom. The Kier molecular flexibility index (Phi) is 5.65. The van der Waals surface area contributed by atoms with Gasteiger partial charge in [-0.1, -0.05) is 6.92 Å². The van der Waals surface area contributed by atoms with E-state index in [-0.39, 0.29) is 18.2 Å². The number of carbonyl (C=O) groups is 1. The molecule has 9 nitrogen and oxygen atoms in total. The molecule has 24 heavy (non-hydrogen) atoms. The minimum atomic E-state index is -0.709. The standard InChI is InChI=1S/C15H19N5O4/c1-2-18-5-3-12(4-6-18)17-14(21)10-19-9-13(20(23)24)7-11(8-16)15(19)22/h7,9,12H,2-6,10H2,1H3,(H,17,21). The van der Waals surface area contributed by atoms with Crippen molar-refractivity contribution in [1.82, 2.24) is 14.8 Å². The summed E-state index contributed by atoms with van der Waals surface area (Å²) >= 11 is 0. The molecule has 1 aliphatic rings. The third-order valence-corrected chi connectivity index (χ3v) is 4.12. The average Bonchev–Trinajstić information content (AvgIpc) is 2.57. The number of nitrogens with one attached hydrogen (secondary N) is 1. The molecule has 0 radical (unpaired) electrons. The molecule has 0 aliphatic carbocycles. The molecule has 1 saturated heterocycles. The van der Waals surface area contributed by atoms with Gasteiger partial charge in [0, 0.05) is 25.2 Å². The van der Waals surface area contributed by atoms with Crippen molar-refractivity contribution < 1.29 is 9.72 Å². The third kappa shape index (κ3) is 4.17. The highest BCUT2D eigenvalue weighted by Crippen LogP contribution is 2.11. The Morgan fingerprint density at radius 2 is 2.17 bits per heavy atom. The maximum Gasteiger partial charge on any atom is 0.287 e. The van der Waals surface area contributed by atoms with E-state index in [4.69, 9.17) is 5.26 Å². The van der Waals surface area contributed by atoms with Crippen molar-refractivity contribution in [1.29, 1.82) is 5.26 Å². The van der Waals surface area contributed by atoms with E-state index in [1.807, 2.05) is 0 Å². The van der Waals surface area contributed by atoms with E-state index in [1.54, 1.807) is 6.07 Å². The van der Waals surface area contributed by atoms with E-state index < -0.39 is 22.1 Å². The van der Waals surface area contributed by atoms with Gasteiger partial charge in [-0.2, -0.15) is 5.26 Å². The van der Waals surface area contributed by atoms with Crippen LogP contribution in [-0.4, -0.2) is 46.0 Å². The SMILES string of the molecule is CCN1CCC(NC(=O)Cn2cc([N+](=O)[O-])cc(C#N)c2=O)CC1. The van der Waals surface area contributed by atoms with Crippen LogP contribution >= 0.6 is 0 Å².